The highest BCUT2D eigenvalue weighted by Gasteiger charge is 2.56. The molecule has 3 aromatic heterocycles. The number of aryl methyl sites for hydroxylation is 1. The smallest absolute Gasteiger partial charge is 0.292 e. The molecule has 28 heavy (non-hydrogen) atoms. The fraction of sp³-hybridized carbons (Fsp3) is 0.278. The van der Waals surface area contributed by atoms with Gasteiger partial charge in [-0.3, -0.25) is 9.48 Å². The minimum Gasteiger partial charge on any atom is -0.343 e. The molecule has 144 valence electrons. The third kappa shape index (κ3) is 2.74. The molecule has 0 bridgehead atoms. The third-order valence-electron chi connectivity index (χ3n) is 5.01. The van der Waals surface area contributed by atoms with Gasteiger partial charge in [-0.15, -0.1) is 0 Å². The molecule has 4 aromatic rings. The second-order valence-electron chi connectivity index (χ2n) is 7.07. The largest absolute Gasteiger partial charge is 0.343 e. The number of nitrogens with zero attached hydrogens (tertiary/aromatic N) is 5. The fourth-order valence-electron chi connectivity index (χ4n) is 3.47. The average Bonchev–Trinajstić information content (AvgIpc) is 2.94. The molecule has 0 N–H and O–H groups in total. The van der Waals surface area contributed by atoms with Crippen LogP contribution in [-0.4, -0.2) is 30.1 Å². The van der Waals surface area contributed by atoms with Crippen molar-refractivity contribution in [3.8, 4) is 5.69 Å². The molecule has 10 heteroatoms. The molecule has 0 unspecified atom stereocenters. The van der Waals surface area contributed by atoms with Gasteiger partial charge in [-0.05, 0) is 40.8 Å². The second kappa shape index (κ2) is 5.99. The summed E-state index contributed by atoms with van der Waals surface area (Å²) in [6.07, 6.45) is 3.42. The van der Waals surface area contributed by atoms with Gasteiger partial charge < -0.3 is 4.57 Å². The van der Waals surface area contributed by atoms with E-state index in [1.54, 1.807) is 21.5 Å². The molecular formula is C18H13ClF2IN5O. The molecular weight excluding hydrogens is 503 g/mol. The lowest BCUT2D eigenvalue weighted by atomic mass is 10.2. The Morgan fingerprint density at radius 3 is 2.79 bits per heavy atom. The van der Waals surface area contributed by atoms with Crippen molar-refractivity contribution in [2.45, 2.75) is 18.9 Å². The van der Waals surface area contributed by atoms with Crippen LogP contribution in [0.2, 0.25) is 5.02 Å². The summed E-state index contributed by atoms with van der Waals surface area (Å²) in [7, 11) is 1.82. The van der Waals surface area contributed by atoms with Gasteiger partial charge in [0.2, 0.25) is 0 Å². The first-order valence-corrected chi connectivity index (χ1v) is 9.99. The maximum atomic E-state index is 13.3. The summed E-state index contributed by atoms with van der Waals surface area (Å²) in [4.78, 5) is 12.9. The zero-order valence-electron chi connectivity index (χ0n) is 14.5. The average molecular weight is 516 g/mol. The van der Waals surface area contributed by atoms with Crippen LogP contribution in [0, 0.1) is 9.49 Å². The lowest BCUT2D eigenvalue weighted by molar-refractivity contribution is 0.0954. The van der Waals surface area contributed by atoms with Gasteiger partial charge in [-0.2, -0.15) is 14.9 Å². The van der Waals surface area contributed by atoms with Crippen LogP contribution in [0.4, 0.5) is 8.78 Å². The van der Waals surface area contributed by atoms with Gasteiger partial charge >= 0.3 is 0 Å². The Morgan fingerprint density at radius 2 is 2.07 bits per heavy atom. The Hall–Kier alpha value is -2.01. The highest BCUT2D eigenvalue weighted by Crippen LogP contribution is 2.50. The number of hydrogen-bond acceptors (Lipinski definition) is 3. The SMILES string of the molecule is Cn1cc2cc(-n3nc4c(I)cn(C[C@@H]5CC5(F)F)c4c(Cl)c3=O)ccc2n1. The Morgan fingerprint density at radius 1 is 1.32 bits per heavy atom. The first-order chi connectivity index (χ1) is 13.2. The summed E-state index contributed by atoms with van der Waals surface area (Å²) < 4.78 is 32.0. The summed E-state index contributed by atoms with van der Waals surface area (Å²) in [6, 6.07) is 5.37. The summed E-state index contributed by atoms with van der Waals surface area (Å²) in [6.45, 7) is 0.110. The molecule has 0 radical (unpaired) electrons. The van der Waals surface area contributed by atoms with E-state index in [4.69, 9.17) is 11.6 Å². The number of hydrogen-bond donors (Lipinski definition) is 0. The normalized spacial score (nSPS) is 18.2. The number of halogens is 4. The Labute approximate surface area is 175 Å². The van der Waals surface area contributed by atoms with Crippen LogP contribution in [0.25, 0.3) is 27.6 Å². The van der Waals surface area contributed by atoms with Crippen LogP contribution >= 0.6 is 34.2 Å². The lowest BCUT2D eigenvalue weighted by Gasteiger charge is -2.09. The van der Waals surface area contributed by atoms with Crippen molar-refractivity contribution in [2.24, 2.45) is 13.0 Å². The monoisotopic (exact) mass is 515 g/mol. The number of fused-ring (bicyclic) bond motifs is 2. The number of benzene rings is 1. The van der Waals surface area contributed by atoms with Gasteiger partial charge in [0.15, 0.2) is 0 Å². The topological polar surface area (TPSA) is 57.6 Å². The zero-order chi connectivity index (χ0) is 19.8. The Balaban J connectivity index is 1.67. The predicted octanol–water partition coefficient (Wildman–Crippen LogP) is 3.99. The molecule has 1 atom stereocenters. The highest BCUT2D eigenvalue weighted by atomic mass is 127. The highest BCUT2D eigenvalue weighted by molar-refractivity contribution is 14.1. The van der Waals surface area contributed by atoms with E-state index in [-0.39, 0.29) is 18.0 Å². The van der Waals surface area contributed by atoms with Gasteiger partial charge in [-0.25, -0.2) is 8.78 Å². The second-order valence-corrected chi connectivity index (χ2v) is 8.61. The predicted molar refractivity (Wildman–Crippen MR) is 110 cm³/mol. The molecule has 1 aliphatic rings. The van der Waals surface area contributed by atoms with E-state index in [9.17, 15) is 13.6 Å². The van der Waals surface area contributed by atoms with Gasteiger partial charge in [0.05, 0.1) is 20.3 Å². The minimum absolute atomic E-state index is 0.0248. The molecule has 1 fully saturated rings. The number of alkyl halides is 2. The van der Waals surface area contributed by atoms with Gasteiger partial charge in [0.1, 0.15) is 10.5 Å². The fourth-order valence-corrected chi connectivity index (χ4v) is 4.45. The summed E-state index contributed by atoms with van der Waals surface area (Å²) in [5.74, 6) is -3.37. The van der Waals surface area contributed by atoms with Crippen LogP contribution in [0.15, 0.2) is 35.4 Å². The van der Waals surface area contributed by atoms with Crippen molar-refractivity contribution in [1.29, 1.82) is 0 Å². The molecule has 0 spiro atoms. The summed E-state index contributed by atoms with van der Waals surface area (Å²) >= 11 is 8.47. The number of rotatable bonds is 3. The van der Waals surface area contributed by atoms with Crippen LogP contribution in [-0.2, 0) is 13.6 Å². The summed E-state index contributed by atoms with van der Waals surface area (Å²) in [5, 5.41) is 9.64. The van der Waals surface area contributed by atoms with Crippen molar-refractivity contribution in [3.63, 3.8) is 0 Å². The first-order valence-electron chi connectivity index (χ1n) is 8.53. The van der Waals surface area contributed by atoms with E-state index in [2.05, 4.69) is 32.8 Å². The van der Waals surface area contributed by atoms with E-state index >= 15 is 0 Å². The van der Waals surface area contributed by atoms with Crippen LogP contribution in [0.1, 0.15) is 6.42 Å². The molecule has 6 nitrogen and oxygen atoms in total. The maximum absolute atomic E-state index is 13.3. The molecule has 0 saturated heterocycles. The third-order valence-corrected chi connectivity index (χ3v) is 6.14. The van der Waals surface area contributed by atoms with Crippen molar-refractivity contribution in [3.05, 3.63) is 49.5 Å². The quantitative estimate of drug-likeness (QED) is 0.388. The first kappa shape index (κ1) is 18.0. The molecule has 1 saturated carbocycles. The van der Waals surface area contributed by atoms with Crippen molar-refractivity contribution >= 4 is 56.1 Å². The maximum Gasteiger partial charge on any atom is 0.292 e. The van der Waals surface area contributed by atoms with Crippen molar-refractivity contribution in [1.82, 2.24) is 24.1 Å². The van der Waals surface area contributed by atoms with Gasteiger partial charge in [-0.1, -0.05) is 11.6 Å². The Kier molecular flexibility index (Phi) is 3.86. The van der Waals surface area contributed by atoms with E-state index in [1.807, 2.05) is 25.4 Å². The van der Waals surface area contributed by atoms with Crippen LogP contribution in [0.3, 0.4) is 0 Å². The minimum atomic E-state index is -2.64. The van der Waals surface area contributed by atoms with E-state index in [0.29, 0.717) is 16.7 Å². The number of aromatic nitrogens is 5. The molecule has 1 aliphatic carbocycles. The van der Waals surface area contributed by atoms with Crippen LogP contribution < -0.4 is 5.56 Å². The van der Waals surface area contributed by atoms with Gasteiger partial charge in [0.25, 0.3) is 11.5 Å². The van der Waals surface area contributed by atoms with E-state index in [0.717, 1.165) is 14.5 Å². The molecule has 5 rings (SSSR count). The van der Waals surface area contributed by atoms with E-state index < -0.39 is 17.4 Å². The Bertz CT molecular complexity index is 1330. The molecule has 0 aliphatic heterocycles. The molecule has 1 aromatic carbocycles. The van der Waals surface area contributed by atoms with Gasteiger partial charge in [0, 0.05) is 43.7 Å². The van der Waals surface area contributed by atoms with Crippen molar-refractivity contribution in [2.75, 3.05) is 0 Å². The van der Waals surface area contributed by atoms with E-state index in [1.165, 1.54) is 4.68 Å². The standard InChI is InChI=1S/C18H13ClF2IN5O/c1-25-6-9-4-11(2-3-13(9)23-25)27-17(28)14(19)16-15(24-27)12(22)8-26(16)7-10-5-18(10,20)21/h2-4,6,8,10H,5,7H2,1H3/t10-/m0/s1. The zero-order valence-corrected chi connectivity index (χ0v) is 17.4. The van der Waals surface area contributed by atoms with Crippen molar-refractivity contribution < 1.29 is 8.78 Å². The summed E-state index contributed by atoms with van der Waals surface area (Å²) in [5.41, 5.74) is 1.79. The lowest BCUT2D eigenvalue weighted by Crippen LogP contribution is -2.22. The molecule has 3 heterocycles. The molecule has 0 amide bonds. The van der Waals surface area contributed by atoms with Crippen LogP contribution in [0.5, 0.6) is 0 Å².